The van der Waals surface area contributed by atoms with Crippen LogP contribution in [0.1, 0.15) is 22.8 Å². The quantitative estimate of drug-likeness (QED) is 0.781. The summed E-state index contributed by atoms with van der Waals surface area (Å²) in [6.45, 7) is 4.79. The van der Waals surface area contributed by atoms with Gasteiger partial charge in [-0.05, 0) is 37.6 Å². The number of morpholine rings is 1. The normalized spacial score (nSPS) is 23.5. The first-order valence-corrected chi connectivity index (χ1v) is 7.39. The Morgan fingerprint density at radius 3 is 2.84 bits per heavy atom. The topological polar surface area (TPSA) is 29.5 Å². The second-order valence-corrected chi connectivity index (χ2v) is 5.60. The summed E-state index contributed by atoms with van der Waals surface area (Å²) in [6, 6.07) is 4.42. The number of halogens is 2. The third-order valence-electron chi connectivity index (χ3n) is 3.07. The molecule has 0 saturated carbocycles. The molecule has 1 aromatic rings. The van der Waals surface area contributed by atoms with Crippen LogP contribution in [0.2, 0.25) is 0 Å². The summed E-state index contributed by atoms with van der Waals surface area (Å²) < 4.78 is 19.1. The predicted molar refractivity (Wildman–Crippen MR) is 75.2 cm³/mol. The molecule has 0 bridgehead atoms. The molecule has 0 N–H and O–H groups in total. The van der Waals surface area contributed by atoms with Crippen molar-refractivity contribution in [3.63, 3.8) is 0 Å². The first-order valence-electron chi connectivity index (χ1n) is 6.27. The van der Waals surface area contributed by atoms with Crippen molar-refractivity contribution in [3.8, 4) is 0 Å². The minimum atomic E-state index is -0.373. The number of hydrogen-bond acceptors (Lipinski definition) is 2. The van der Waals surface area contributed by atoms with Crippen LogP contribution in [0.15, 0.2) is 18.2 Å². The summed E-state index contributed by atoms with van der Waals surface area (Å²) in [6.07, 6.45) is -0.0164. The van der Waals surface area contributed by atoms with Gasteiger partial charge in [0, 0.05) is 24.0 Å². The van der Waals surface area contributed by atoms with E-state index in [0.717, 1.165) is 5.56 Å². The Bertz CT molecular complexity index is 460. The van der Waals surface area contributed by atoms with Crippen molar-refractivity contribution in [2.75, 3.05) is 18.4 Å². The zero-order valence-corrected chi connectivity index (χ0v) is 12.6. The molecule has 1 fully saturated rings. The van der Waals surface area contributed by atoms with E-state index in [1.807, 2.05) is 6.92 Å². The molecular formula is C14H17BrFNO2. The Hall–Kier alpha value is -0.940. The lowest BCUT2D eigenvalue weighted by atomic mass is 10.1. The van der Waals surface area contributed by atoms with Crippen LogP contribution in [0.5, 0.6) is 0 Å². The molecule has 2 unspecified atom stereocenters. The fraction of sp³-hybridized carbons (Fsp3) is 0.500. The average Bonchev–Trinajstić information content (AvgIpc) is 2.35. The van der Waals surface area contributed by atoms with Crippen LogP contribution in [0.3, 0.4) is 0 Å². The van der Waals surface area contributed by atoms with Gasteiger partial charge in [-0.3, -0.25) is 4.79 Å². The van der Waals surface area contributed by atoms with E-state index in [0.29, 0.717) is 24.0 Å². The van der Waals surface area contributed by atoms with Gasteiger partial charge in [0.25, 0.3) is 5.91 Å². The van der Waals surface area contributed by atoms with E-state index in [4.69, 9.17) is 4.74 Å². The summed E-state index contributed by atoms with van der Waals surface area (Å²) in [5.41, 5.74) is 1.15. The highest BCUT2D eigenvalue weighted by atomic mass is 79.9. The molecule has 1 saturated heterocycles. The van der Waals surface area contributed by atoms with Crippen molar-refractivity contribution in [2.24, 2.45) is 0 Å². The molecule has 0 spiro atoms. The monoisotopic (exact) mass is 329 g/mol. The summed E-state index contributed by atoms with van der Waals surface area (Å²) in [4.78, 5) is 14.1. The van der Waals surface area contributed by atoms with Gasteiger partial charge >= 0.3 is 0 Å². The van der Waals surface area contributed by atoms with Crippen LogP contribution in [-0.2, 0) is 4.74 Å². The molecule has 1 aromatic carbocycles. The Morgan fingerprint density at radius 2 is 2.21 bits per heavy atom. The first-order chi connectivity index (χ1) is 8.99. The number of nitrogens with zero attached hydrogens (tertiary/aromatic N) is 1. The van der Waals surface area contributed by atoms with Crippen LogP contribution in [0.4, 0.5) is 4.39 Å². The Balaban J connectivity index is 2.18. The van der Waals surface area contributed by atoms with E-state index in [1.165, 1.54) is 12.1 Å². The van der Waals surface area contributed by atoms with Crippen LogP contribution >= 0.6 is 15.9 Å². The Morgan fingerprint density at radius 1 is 1.47 bits per heavy atom. The van der Waals surface area contributed by atoms with Gasteiger partial charge in [0.05, 0.1) is 12.2 Å². The summed E-state index contributed by atoms with van der Waals surface area (Å²) in [7, 11) is 0. The first kappa shape index (κ1) is 14.5. The highest BCUT2D eigenvalue weighted by Gasteiger charge is 2.28. The second kappa shape index (κ2) is 6.01. The zero-order valence-electron chi connectivity index (χ0n) is 11.0. The largest absolute Gasteiger partial charge is 0.371 e. The molecule has 2 atom stereocenters. The van der Waals surface area contributed by atoms with Crippen molar-refractivity contribution < 1.29 is 13.9 Å². The molecule has 104 valence electrons. The molecule has 1 heterocycles. The molecule has 3 nitrogen and oxygen atoms in total. The Kier molecular flexibility index (Phi) is 4.58. The third kappa shape index (κ3) is 3.54. The van der Waals surface area contributed by atoms with Crippen molar-refractivity contribution in [1.82, 2.24) is 4.90 Å². The lowest BCUT2D eigenvalue weighted by Gasteiger charge is -2.36. The minimum Gasteiger partial charge on any atom is -0.371 e. The standard InChI is InChI=1S/C14H17BrFNO2/c1-9-3-11(5-12(16)4-9)14(18)17-7-10(2)19-13(6-15)8-17/h3-5,10,13H,6-8H2,1-2H3. The maximum Gasteiger partial charge on any atom is 0.254 e. The van der Waals surface area contributed by atoms with Gasteiger partial charge in [0.1, 0.15) is 5.82 Å². The molecule has 1 aliphatic rings. The van der Waals surface area contributed by atoms with Gasteiger partial charge in [-0.15, -0.1) is 0 Å². The lowest BCUT2D eigenvalue weighted by molar-refractivity contribution is -0.0559. The minimum absolute atomic E-state index is 0.00472. The second-order valence-electron chi connectivity index (χ2n) is 4.95. The number of alkyl halides is 1. The molecule has 0 radical (unpaired) electrons. The number of ether oxygens (including phenoxy) is 1. The lowest BCUT2D eigenvalue weighted by Crippen LogP contribution is -2.49. The number of rotatable bonds is 2. The van der Waals surface area contributed by atoms with E-state index in [1.54, 1.807) is 17.9 Å². The third-order valence-corrected chi connectivity index (χ3v) is 3.80. The smallest absolute Gasteiger partial charge is 0.254 e. The summed E-state index contributed by atoms with van der Waals surface area (Å²) in [5.74, 6) is -0.509. The van der Waals surface area contributed by atoms with E-state index < -0.39 is 0 Å². The molecular weight excluding hydrogens is 313 g/mol. The number of hydrogen-bond donors (Lipinski definition) is 0. The van der Waals surface area contributed by atoms with Crippen LogP contribution in [0.25, 0.3) is 0 Å². The summed E-state index contributed by atoms with van der Waals surface area (Å²) in [5, 5.41) is 0.684. The van der Waals surface area contributed by atoms with Crippen LogP contribution in [0, 0.1) is 12.7 Å². The zero-order chi connectivity index (χ0) is 14.0. The van der Waals surface area contributed by atoms with Crippen molar-refractivity contribution >= 4 is 21.8 Å². The fourth-order valence-corrected chi connectivity index (χ4v) is 2.70. The van der Waals surface area contributed by atoms with E-state index in [-0.39, 0.29) is 23.9 Å². The fourth-order valence-electron chi connectivity index (χ4n) is 2.34. The average molecular weight is 330 g/mol. The van der Waals surface area contributed by atoms with Crippen molar-refractivity contribution in [1.29, 1.82) is 0 Å². The van der Waals surface area contributed by atoms with Gasteiger partial charge in [-0.1, -0.05) is 15.9 Å². The molecule has 1 amide bonds. The highest BCUT2D eigenvalue weighted by molar-refractivity contribution is 9.09. The molecule has 5 heteroatoms. The van der Waals surface area contributed by atoms with E-state index in [2.05, 4.69) is 15.9 Å². The van der Waals surface area contributed by atoms with Crippen molar-refractivity contribution in [2.45, 2.75) is 26.1 Å². The predicted octanol–water partition coefficient (Wildman–Crippen LogP) is 2.76. The Labute approximate surface area is 120 Å². The maximum absolute atomic E-state index is 13.4. The van der Waals surface area contributed by atoms with E-state index in [9.17, 15) is 9.18 Å². The van der Waals surface area contributed by atoms with Crippen LogP contribution in [-0.4, -0.2) is 41.4 Å². The molecule has 0 aliphatic carbocycles. The highest BCUT2D eigenvalue weighted by Crippen LogP contribution is 2.17. The molecule has 19 heavy (non-hydrogen) atoms. The number of carbonyl (C=O) groups is 1. The number of aryl methyl sites for hydroxylation is 1. The SMILES string of the molecule is Cc1cc(F)cc(C(=O)N2CC(C)OC(CBr)C2)c1. The van der Waals surface area contributed by atoms with E-state index >= 15 is 0 Å². The van der Waals surface area contributed by atoms with Gasteiger partial charge in [-0.2, -0.15) is 0 Å². The van der Waals surface area contributed by atoms with Crippen LogP contribution < -0.4 is 0 Å². The number of amides is 1. The van der Waals surface area contributed by atoms with Gasteiger partial charge < -0.3 is 9.64 Å². The number of carbonyl (C=O) groups excluding carboxylic acids is 1. The maximum atomic E-state index is 13.4. The van der Waals surface area contributed by atoms with Crippen molar-refractivity contribution in [3.05, 3.63) is 35.1 Å². The molecule has 0 aromatic heterocycles. The summed E-state index contributed by atoms with van der Waals surface area (Å²) >= 11 is 3.37. The number of benzene rings is 1. The molecule has 1 aliphatic heterocycles. The van der Waals surface area contributed by atoms with Gasteiger partial charge in [-0.25, -0.2) is 4.39 Å². The molecule has 2 rings (SSSR count). The van der Waals surface area contributed by atoms with Gasteiger partial charge in [0.2, 0.25) is 0 Å². The van der Waals surface area contributed by atoms with Gasteiger partial charge in [0.15, 0.2) is 0 Å².